The number of guanidine groups is 1. The van der Waals surface area contributed by atoms with Gasteiger partial charge in [0.2, 0.25) is 5.91 Å². The molecule has 6 nitrogen and oxygen atoms in total. The highest BCUT2D eigenvalue weighted by Crippen LogP contribution is 2.40. The normalized spacial score (nSPS) is 27.6. The van der Waals surface area contributed by atoms with Crippen LogP contribution in [0.1, 0.15) is 107 Å². The maximum absolute atomic E-state index is 14.1. The number of likely N-dealkylation sites (tertiary alicyclic amines) is 1. The lowest BCUT2D eigenvalue weighted by molar-refractivity contribution is -0.135. The first-order valence-electron chi connectivity index (χ1n) is 16.5. The maximum atomic E-state index is 14.1. The van der Waals surface area contributed by atoms with E-state index in [0.29, 0.717) is 36.2 Å². The van der Waals surface area contributed by atoms with Gasteiger partial charge in [-0.3, -0.25) is 19.9 Å². The average molecular weight is 547 g/mol. The highest BCUT2D eigenvalue weighted by molar-refractivity contribution is 6.07. The van der Waals surface area contributed by atoms with Crippen LogP contribution >= 0.6 is 0 Å². The van der Waals surface area contributed by atoms with Crippen molar-refractivity contribution in [1.29, 1.82) is 5.41 Å². The largest absolute Gasteiger partial charge is 0.342 e. The predicted molar refractivity (Wildman–Crippen MR) is 159 cm³/mol. The van der Waals surface area contributed by atoms with Gasteiger partial charge in [-0.05, 0) is 73.8 Å². The summed E-state index contributed by atoms with van der Waals surface area (Å²) in [4.78, 5) is 31.4. The van der Waals surface area contributed by atoms with E-state index in [9.17, 15) is 9.59 Å². The molecule has 0 spiro atoms. The predicted octanol–water partition coefficient (Wildman–Crippen LogP) is 6.08. The van der Waals surface area contributed by atoms with Crippen molar-refractivity contribution in [2.45, 2.75) is 115 Å². The van der Waals surface area contributed by atoms with Crippen molar-refractivity contribution in [2.24, 2.45) is 23.7 Å². The van der Waals surface area contributed by atoms with Gasteiger partial charge in [-0.1, -0.05) is 88.5 Å². The first-order chi connectivity index (χ1) is 19.5. The molecule has 2 heterocycles. The SMILES string of the molecule is N=C1NC(CC2CCCCC2)(CC2CCCCC2)C(=O)N1CCC1CCN(C(=O)C2CCc3ccccc3C2)C1. The molecule has 6 heteroatoms. The lowest BCUT2D eigenvalue weighted by atomic mass is 9.73. The minimum absolute atomic E-state index is 0.103. The van der Waals surface area contributed by atoms with E-state index < -0.39 is 5.54 Å². The number of amides is 2. The highest BCUT2D eigenvalue weighted by Gasteiger charge is 2.51. The number of hydrogen-bond donors (Lipinski definition) is 2. The summed E-state index contributed by atoms with van der Waals surface area (Å²) in [6.07, 6.45) is 19.2. The number of nitrogens with one attached hydrogen (secondary N) is 2. The van der Waals surface area contributed by atoms with Gasteiger partial charge in [-0.25, -0.2) is 0 Å². The van der Waals surface area contributed by atoms with Gasteiger partial charge < -0.3 is 10.2 Å². The van der Waals surface area contributed by atoms with Crippen LogP contribution in [0.5, 0.6) is 0 Å². The van der Waals surface area contributed by atoms with Gasteiger partial charge in [0.25, 0.3) is 5.91 Å². The van der Waals surface area contributed by atoms with Crippen molar-refractivity contribution in [2.75, 3.05) is 19.6 Å². The Morgan fingerprint density at radius 3 is 2.20 bits per heavy atom. The molecule has 218 valence electrons. The number of carbonyl (C=O) groups excluding carboxylic acids is 2. The van der Waals surface area contributed by atoms with Crippen molar-refractivity contribution < 1.29 is 9.59 Å². The lowest BCUT2D eigenvalue weighted by Crippen LogP contribution is -2.50. The van der Waals surface area contributed by atoms with E-state index in [2.05, 4.69) is 34.5 Å². The molecule has 0 aromatic heterocycles. The fourth-order valence-electron chi connectivity index (χ4n) is 8.80. The Balaban J connectivity index is 1.05. The van der Waals surface area contributed by atoms with Crippen molar-refractivity contribution in [1.82, 2.24) is 15.1 Å². The highest BCUT2D eigenvalue weighted by atomic mass is 16.2. The van der Waals surface area contributed by atoms with E-state index in [1.807, 2.05) is 0 Å². The van der Waals surface area contributed by atoms with Crippen molar-refractivity contribution in [3.05, 3.63) is 35.4 Å². The van der Waals surface area contributed by atoms with E-state index in [0.717, 1.165) is 58.0 Å². The van der Waals surface area contributed by atoms with Crippen LogP contribution in [0.2, 0.25) is 0 Å². The molecule has 0 radical (unpaired) electrons. The van der Waals surface area contributed by atoms with Gasteiger partial charge in [0.05, 0.1) is 0 Å². The zero-order valence-corrected chi connectivity index (χ0v) is 24.5. The van der Waals surface area contributed by atoms with Crippen LogP contribution in [0.15, 0.2) is 24.3 Å². The van der Waals surface area contributed by atoms with Gasteiger partial charge >= 0.3 is 0 Å². The second-order valence-electron chi connectivity index (χ2n) is 13.9. The quantitative estimate of drug-likeness (QED) is 0.415. The summed E-state index contributed by atoms with van der Waals surface area (Å²) < 4.78 is 0. The Bertz CT molecular complexity index is 1050. The average Bonchev–Trinajstić information content (AvgIpc) is 3.54. The Morgan fingerprint density at radius 1 is 0.875 bits per heavy atom. The third kappa shape index (κ3) is 5.97. The fraction of sp³-hybridized carbons (Fsp3) is 0.735. The number of fused-ring (bicyclic) bond motifs is 1. The van der Waals surface area contributed by atoms with Crippen molar-refractivity contribution >= 4 is 17.8 Å². The van der Waals surface area contributed by atoms with Gasteiger partial charge in [-0.15, -0.1) is 0 Å². The van der Waals surface area contributed by atoms with Crippen LogP contribution in [0.3, 0.4) is 0 Å². The van der Waals surface area contributed by atoms with Gasteiger partial charge in [0.1, 0.15) is 5.54 Å². The summed E-state index contributed by atoms with van der Waals surface area (Å²) in [6.45, 7) is 2.24. The molecule has 2 N–H and O–H groups in total. The smallest absolute Gasteiger partial charge is 0.255 e. The summed E-state index contributed by atoms with van der Waals surface area (Å²) in [5.41, 5.74) is 2.17. The molecule has 5 aliphatic rings. The monoisotopic (exact) mass is 546 g/mol. The summed E-state index contributed by atoms with van der Waals surface area (Å²) in [7, 11) is 0. The molecule has 1 aromatic rings. The molecule has 2 amide bonds. The number of rotatable bonds is 8. The number of hydrogen-bond acceptors (Lipinski definition) is 3. The zero-order valence-electron chi connectivity index (χ0n) is 24.5. The topological polar surface area (TPSA) is 76.5 Å². The van der Waals surface area contributed by atoms with E-state index in [-0.39, 0.29) is 11.8 Å². The number of benzene rings is 1. The van der Waals surface area contributed by atoms with E-state index >= 15 is 0 Å². The molecule has 4 fully saturated rings. The molecule has 0 bridgehead atoms. The Hall–Kier alpha value is -2.37. The molecule has 6 rings (SSSR count). The first kappa shape index (κ1) is 27.8. The second-order valence-corrected chi connectivity index (χ2v) is 13.9. The Labute approximate surface area is 241 Å². The minimum Gasteiger partial charge on any atom is -0.342 e. The molecule has 2 saturated carbocycles. The van der Waals surface area contributed by atoms with Crippen LogP contribution in [0.25, 0.3) is 0 Å². The number of carbonyl (C=O) groups is 2. The molecule has 1 aromatic carbocycles. The molecular formula is C34H50N4O2. The van der Waals surface area contributed by atoms with Gasteiger partial charge in [0.15, 0.2) is 5.96 Å². The summed E-state index contributed by atoms with van der Waals surface area (Å²) in [6, 6.07) is 8.57. The van der Waals surface area contributed by atoms with Crippen LogP contribution in [-0.4, -0.2) is 52.7 Å². The molecular weight excluding hydrogens is 496 g/mol. The van der Waals surface area contributed by atoms with Crippen LogP contribution in [0.4, 0.5) is 0 Å². The maximum Gasteiger partial charge on any atom is 0.255 e. The lowest BCUT2D eigenvalue weighted by Gasteiger charge is -2.36. The minimum atomic E-state index is -0.573. The van der Waals surface area contributed by atoms with E-state index in [1.165, 1.54) is 75.3 Å². The Morgan fingerprint density at radius 2 is 1.52 bits per heavy atom. The number of nitrogens with zero attached hydrogens (tertiary/aromatic N) is 2. The first-order valence-corrected chi connectivity index (χ1v) is 16.5. The van der Waals surface area contributed by atoms with Gasteiger partial charge in [-0.2, -0.15) is 0 Å². The van der Waals surface area contributed by atoms with Crippen molar-refractivity contribution in [3.8, 4) is 0 Å². The number of aryl methyl sites for hydroxylation is 1. The summed E-state index contributed by atoms with van der Waals surface area (Å²) in [5.74, 6) is 2.52. The van der Waals surface area contributed by atoms with Crippen molar-refractivity contribution in [3.63, 3.8) is 0 Å². The molecule has 2 unspecified atom stereocenters. The fourth-order valence-corrected chi connectivity index (χ4v) is 8.80. The molecule has 2 atom stereocenters. The standard InChI is InChI=1S/C34H50N4O2/c35-33-36-34(22-25-9-3-1-4-10-25,23-26-11-5-2-6-12-26)32(40)38(33)20-18-27-17-19-37(24-27)31(39)30-16-15-28-13-7-8-14-29(28)21-30/h7-8,13-14,25-27,30H,1-6,9-12,15-24H2,(H2,35,36). The third-order valence-corrected chi connectivity index (χ3v) is 11.1. The second kappa shape index (κ2) is 12.2. The molecule has 3 aliphatic carbocycles. The summed E-state index contributed by atoms with van der Waals surface area (Å²) >= 11 is 0. The van der Waals surface area contributed by atoms with E-state index in [1.54, 1.807) is 4.90 Å². The third-order valence-electron chi connectivity index (χ3n) is 11.1. The molecule has 2 aliphatic heterocycles. The van der Waals surface area contributed by atoms with Crippen LogP contribution < -0.4 is 5.32 Å². The molecule has 40 heavy (non-hydrogen) atoms. The zero-order chi connectivity index (χ0) is 27.5. The van der Waals surface area contributed by atoms with Gasteiger partial charge in [0, 0.05) is 25.6 Å². The Kier molecular flexibility index (Phi) is 8.50. The van der Waals surface area contributed by atoms with Crippen LogP contribution in [-0.2, 0) is 22.4 Å². The summed E-state index contributed by atoms with van der Waals surface area (Å²) in [5, 5.41) is 12.3. The molecule has 2 saturated heterocycles. The van der Waals surface area contributed by atoms with E-state index in [4.69, 9.17) is 5.41 Å². The van der Waals surface area contributed by atoms with Crippen LogP contribution in [0, 0.1) is 29.1 Å².